The Morgan fingerprint density at radius 1 is 0.162 bits per heavy atom. The molecule has 11 aromatic rings. The number of aryl methyl sites for hydroxylation is 6. The molecule has 0 spiro atoms. The van der Waals surface area contributed by atoms with E-state index >= 15 is 0 Å². The van der Waals surface area contributed by atoms with Gasteiger partial charge in [0.25, 0.3) is 0 Å². The van der Waals surface area contributed by atoms with E-state index < -0.39 is 0 Å². The number of unbranched alkanes of at least 4 members (excludes halogenated alkanes) is 50. The molecule has 0 radical (unpaired) electrons. The van der Waals surface area contributed by atoms with Gasteiger partial charge in [-0.1, -0.05) is 390 Å². The molecular formula is C128H196S14. The third-order valence-corrected chi connectivity index (χ3v) is 45.1. The van der Waals surface area contributed by atoms with Crippen molar-refractivity contribution >= 4 is 160 Å². The molecule has 0 nitrogen and oxygen atoms in total. The Labute approximate surface area is 930 Å². The number of thioether (sulfide) groups is 4. The fraction of sp³-hybridized carbons (Fsp3) is 0.641. The molecule has 0 aliphatic carbocycles. The topological polar surface area (TPSA) is 0 Å². The van der Waals surface area contributed by atoms with E-state index in [4.69, 9.17) is 0 Å². The Bertz CT molecular complexity index is 4520. The van der Waals surface area contributed by atoms with E-state index in [9.17, 15) is 0 Å². The molecule has 1 aromatic carbocycles. The number of thiophene rings is 10. The fourth-order valence-electron chi connectivity index (χ4n) is 18.9. The molecule has 0 saturated heterocycles. The van der Waals surface area contributed by atoms with E-state index in [0.29, 0.717) is 0 Å². The predicted octanol–water partition coefficient (Wildman–Crippen LogP) is 50.9. The second kappa shape index (κ2) is 81.4. The Balaban J connectivity index is 0.000000238. The molecular weight excluding hydrogens is 1990 g/mol. The summed E-state index contributed by atoms with van der Waals surface area (Å²) < 4.78 is 0. The van der Waals surface area contributed by atoms with Crippen LogP contribution in [0.15, 0.2) is 138 Å². The van der Waals surface area contributed by atoms with Crippen LogP contribution in [0, 0.1) is 13.8 Å². The van der Waals surface area contributed by atoms with Gasteiger partial charge < -0.3 is 0 Å². The van der Waals surface area contributed by atoms with Crippen LogP contribution in [-0.4, -0.2) is 23.0 Å². The molecule has 142 heavy (non-hydrogen) atoms. The van der Waals surface area contributed by atoms with Crippen molar-refractivity contribution in [3.63, 3.8) is 0 Å². The minimum Gasteiger partial charge on any atom is -0.143 e. The summed E-state index contributed by atoms with van der Waals surface area (Å²) in [6, 6.07) is 37.6. The highest BCUT2D eigenvalue weighted by Gasteiger charge is 2.24. The number of hydrogen-bond donors (Lipinski definition) is 0. The van der Waals surface area contributed by atoms with Gasteiger partial charge >= 0.3 is 0 Å². The van der Waals surface area contributed by atoms with Crippen molar-refractivity contribution in [2.24, 2.45) is 0 Å². The van der Waals surface area contributed by atoms with Crippen molar-refractivity contribution in [2.75, 3.05) is 23.0 Å². The van der Waals surface area contributed by atoms with Gasteiger partial charge in [0, 0.05) is 97.6 Å². The van der Waals surface area contributed by atoms with Crippen molar-refractivity contribution in [3.8, 4) is 68.3 Å². The number of benzene rings is 1. The predicted molar refractivity (Wildman–Crippen MR) is 671 cm³/mol. The average molecular weight is 2180 g/mol. The Hall–Kier alpha value is -2.38. The molecule has 792 valence electrons. The van der Waals surface area contributed by atoms with Crippen molar-refractivity contribution in [1.29, 1.82) is 0 Å². The zero-order chi connectivity index (χ0) is 101. The van der Waals surface area contributed by atoms with Crippen molar-refractivity contribution in [1.82, 2.24) is 0 Å². The lowest BCUT2D eigenvalue weighted by Crippen LogP contribution is -2.00. The zero-order valence-corrected chi connectivity index (χ0v) is 103. The van der Waals surface area contributed by atoms with Crippen LogP contribution in [0.25, 0.3) is 68.3 Å². The van der Waals surface area contributed by atoms with Crippen LogP contribution < -0.4 is 0 Å². The molecule has 0 aliphatic heterocycles. The first-order valence-corrected chi connectivity index (χ1v) is 70.9. The van der Waals surface area contributed by atoms with Gasteiger partial charge in [-0.05, 0) is 292 Å². The molecule has 0 N–H and O–H groups in total. The van der Waals surface area contributed by atoms with E-state index in [1.807, 2.05) is 113 Å². The van der Waals surface area contributed by atoms with Gasteiger partial charge in [-0.3, -0.25) is 0 Å². The van der Waals surface area contributed by atoms with Gasteiger partial charge in [-0.25, -0.2) is 0 Å². The largest absolute Gasteiger partial charge is 0.143 e. The van der Waals surface area contributed by atoms with E-state index in [0.717, 1.165) is 0 Å². The lowest BCUT2D eigenvalue weighted by Gasteiger charge is -2.23. The Morgan fingerprint density at radius 3 is 0.556 bits per heavy atom. The minimum atomic E-state index is 1.22. The molecule has 0 aliphatic rings. The van der Waals surface area contributed by atoms with Crippen LogP contribution in [0.2, 0.25) is 0 Å². The van der Waals surface area contributed by atoms with E-state index in [1.54, 1.807) is 51.6 Å². The maximum atomic E-state index is 2.45. The third kappa shape index (κ3) is 49.6. The van der Waals surface area contributed by atoms with Crippen LogP contribution in [0.1, 0.15) is 498 Å². The molecule has 0 atom stereocenters. The number of hydrogen-bond acceptors (Lipinski definition) is 14. The molecule has 0 saturated carbocycles. The van der Waals surface area contributed by atoms with Crippen molar-refractivity contribution in [3.05, 3.63) is 162 Å². The van der Waals surface area contributed by atoms with Crippen molar-refractivity contribution < 1.29 is 0 Å². The number of rotatable bonds is 81. The van der Waals surface area contributed by atoms with Gasteiger partial charge in [0.15, 0.2) is 0 Å². The fourth-order valence-corrected chi connectivity index (χ4v) is 35.4. The Kier molecular flexibility index (Phi) is 71.5. The van der Waals surface area contributed by atoms with Crippen LogP contribution in [0.4, 0.5) is 0 Å². The van der Waals surface area contributed by atoms with E-state index in [1.165, 1.54) is 526 Å². The minimum absolute atomic E-state index is 1.22. The SMILES string of the molecule is CCCCCCCCCCCCc1ccsc1-c1ccc(-c2ccc(-c3sccc3CCCCCCCCCCCC)s2)s1.CCCCCCCCSc1c(C)c(C)c(SCCCCCCCC)c(SCCCCCCCC)c1SCCCCCCCC.CCCCCCc1ccc(-c2ccc(CCCCCC)s2)s1.CCCCCCc1ccsc1-c1ccc(-c2ccc(-c3sccc3CCCCCC)s2)s1. The van der Waals surface area contributed by atoms with Gasteiger partial charge in [-0.2, -0.15) is 0 Å². The maximum absolute atomic E-state index is 2.45. The summed E-state index contributed by atoms with van der Waals surface area (Å²) in [6.45, 7) is 27.9. The summed E-state index contributed by atoms with van der Waals surface area (Å²) in [7, 11) is 0. The standard InChI is InChI=1S/C40H58S4.C40H74S4.C28H34S4.C20H30S2/c1-3-5-7-9-11-13-15-17-19-21-23-33-29-31-41-39(33)37-27-25-35(43-37)36-26-28-38(44-36)40-34(30-32-42-40)24-22-20-18-16-14-12-10-8-6-4-2;1-7-11-15-19-23-27-31-41-37-35(5)36(6)38(42-32-28-24-20-16-12-8-2)40(44-34-30-26-22-18-14-10-4)39(37)43-33-29-25-21-17-13-9-3;1-3-5-7-9-11-21-17-19-29-27(21)25-15-13-23(31-25)24-14-16-26(32-24)28-22(18-20-30-28)12-10-8-6-4-2;1-3-5-7-9-11-17-13-15-19(21-17)20-16-14-18(22-20)12-10-8-6-4-2/h25-32H,3-24H2,1-2H3;7-34H2,1-6H3;13-20H,3-12H2,1-2H3;13-16H,3-12H2,1-2H3. The highest BCUT2D eigenvalue weighted by Crippen LogP contribution is 2.51. The third-order valence-electron chi connectivity index (χ3n) is 27.9. The first-order chi connectivity index (χ1) is 70.0. The lowest BCUT2D eigenvalue weighted by molar-refractivity contribution is 0.556. The van der Waals surface area contributed by atoms with E-state index in [2.05, 4.69) is 249 Å². The van der Waals surface area contributed by atoms with Crippen molar-refractivity contribution in [2.45, 2.75) is 526 Å². The first kappa shape index (κ1) is 125. The highest BCUT2D eigenvalue weighted by atomic mass is 32.2. The molecule has 10 heterocycles. The van der Waals surface area contributed by atoms with Crippen LogP contribution in [0.3, 0.4) is 0 Å². The molecule has 0 unspecified atom stereocenters. The summed E-state index contributed by atoms with van der Waals surface area (Å²) in [4.78, 5) is 30.1. The van der Waals surface area contributed by atoms with Crippen LogP contribution >= 0.6 is 160 Å². The zero-order valence-electron chi connectivity index (χ0n) is 91.8. The monoisotopic (exact) mass is 2180 g/mol. The molecule has 14 heteroatoms. The van der Waals surface area contributed by atoms with Crippen LogP contribution in [-0.2, 0) is 38.5 Å². The normalized spacial score (nSPS) is 11.5. The average Bonchev–Trinajstić information content (AvgIpc) is 1.21. The van der Waals surface area contributed by atoms with Gasteiger partial charge in [0.2, 0.25) is 0 Å². The summed E-state index contributed by atoms with van der Waals surface area (Å²) in [6.07, 6.45) is 90.4. The van der Waals surface area contributed by atoms with Crippen LogP contribution in [0.5, 0.6) is 0 Å². The highest BCUT2D eigenvalue weighted by molar-refractivity contribution is 8.04. The smallest absolute Gasteiger partial charge is 0.0474 e. The maximum Gasteiger partial charge on any atom is 0.0474 e. The molecule has 10 aromatic heterocycles. The van der Waals surface area contributed by atoms with Gasteiger partial charge in [-0.15, -0.1) is 160 Å². The lowest BCUT2D eigenvalue weighted by atomic mass is 10.0. The molecule has 0 bridgehead atoms. The molecule has 11 rings (SSSR count). The summed E-state index contributed by atoms with van der Waals surface area (Å²) in [5.41, 5.74) is 9.37. The summed E-state index contributed by atoms with van der Waals surface area (Å²) in [5, 5.41) is 9.14. The first-order valence-electron chi connectivity index (χ1n) is 58.6. The van der Waals surface area contributed by atoms with Gasteiger partial charge in [0.1, 0.15) is 0 Å². The summed E-state index contributed by atoms with van der Waals surface area (Å²) in [5.74, 6) is 5.13. The Morgan fingerprint density at radius 2 is 0.331 bits per heavy atom. The van der Waals surface area contributed by atoms with Gasteiger partial charge in [0.05, 0.1) is 0 Å². The second-order valence-corrected chi connectivity index (χ2v) is 55.2. The second-order valence-electron chi connectivity index (χ2n) is 40.4. The molecule has 0 amide bonds. The molecule has 0 fully saturated rings. The quantitative estimate of drug-likeness (QED) is 0.0275. The summed E-state index contributed by atoms with van der Waals surface area (Å²) >= 11 is 28.4. The van der Waals surface area contributed by atoms with E-state index in [-0.39, 0.29) is 0 Å².